The third kappa shape index (κ3) is 2.58. The molecule has 2 aliphatic heterocycles. The van der Waals surface area contributed by atoms with Gasteiger partial charge < -0.3 is 4.90 Å². The number of hydrogen-bond donors (Lipinski definition) is 0. The van der Waals surface area contributed by atoms with E-state index < -0.39 is 0 Å². The van der Waals surface area contributed by atoms with Gasteiger partial charge in [-0.15, -0.1) is 0 Å². The second-order valence-electron chi connectivity index (χ2n) is 6.65. The Kier molecular flexibility index (Phi) is 4.00. The molecule has 0 aromatic heterocycles. The van der Waals surface area contributed by atoms with Crippen molar-refractivity contribution in [2.45, 2.75) is 57.9 Å². The zero-order valence-electron chi connectivity index (χ0n) is 12.7. The first-order chi connectivity index (χ1) is 10.1. The topological polar surface area (TPSA) is 57.7 Å². The molecule has 3 atom stereocenters. The van der Waals surface area contributed by atoms with Crippen molar-refractivity contribution in [3.05, 3.63) is 0 Å². The van der Waals surface area contributed by atoms with Crippen LogP contribution in [0.5, 0.6) is 0 Å². The Morgan fingerprint density at radius 1 is 1.05 bits per heavy atom. The molecule has 5 heteroatoms. The van der Waals surface area contributed by atoms with E-state index in [0.29, 0.717) is 6.04 Å². The van der Waals surface area contributed by atoms with Crippen molar-refractivity contribution >= 4 is 17.7 Å². The highest BCUT2D eigenvalue weighted by atomic mass is 16.2. The van der Waals surface area contributed by atoms with Crippen LogP contribution in [0.1, 0.15) is 51.9 Å². The van der Waals surface area contributed by atoms with Gasteiger partial charge in [0.15, 0.2) is 0 Å². The van der Waals surface area contributed by atoms with Gasteiger partial charge in [0, 0.05) is 25.6 Å². The summed E-state index contributed by atoms with van der Waals surface area (Å²) in [5.41, 5.74) is 0. The Hall–Kier alpha value is -1.39. The number of likely N-dealkylation sites (tertiary alicyclic amines) is 2. The Labute approximate surface area is 125 Å². The SMILES string of the molecule is C[C@@H]1CCCN1C(=O)CCN1C(=O)[C@H]2CCCC[C@H]2C1=O. The predicted octanol–water partition coefficient (Wildman–Crippen LogP) is 1.56. The number of imide groups is 1. The largest absolute Gasteiger partial charge is 0.340 e. The molecule has 0 radical (unpaired) electrons. The summed E-state index contributed by atoms with van der Waals surface area (Å²) in [6, 6.07) is 0.296. The molecule has 3 rings (SSSR count). The van der Waals surface area contributed by atoms with E-state index in [0.717, 1.165) is 45.1 Å². The maximum Gasteiger partial charge on any atom is 0.233 e. The molecular weight excluding hydrogens is 268 g/mol. The van der Waals surface area contributed by atoms with E-state index in [1.54, 1.807) is 0 Å². The molecule has 0 unspecified atom stereocenters. The van der Waals surface area contributed by atoms with Gasteiger partial charge in [0.05, 0.1) is 11.8 Å². The van der Waals surface area contributed by atoms with Gasteiger partial charge in [-0.2, -0.15) is 0 Å². The van der Waals surface area contributed by atoms with E-state index >= 15 is 0 Å². The van der Waals surface area contributed by atoms with Crippen molar-refractivity contribution in [2.75, 3.05) is 13.1 Å². The molecule has 116 valence electrons. The second kappa shape index (κ2) is 5.78. The monoisotopic (exact) mass is 292 g/mol. The smallest absolute Gasteiger partial charge is 0.233 e. The Morgan fingerprint density at radius 2 is 1.67 bits per heavy atom. The van der Waals surface area contributed by atoms with Crippen LogP contribution in [0.2, 0.25) is 0 Å². The van der Waals surface area contributed by atoms with E-state index in [1.807, 2.05) is 4.90 Å². The van der Waals surface area contributed by atoms with E-state index in [1.165, 1.54) is 4.90 Å². The molecule has 3 amide bonds. The fourth-order valence-electron chi connectivity index (χ4n) is 4.11. The van der Waals surface area contributed by atoms with Crippen LogP contribution in [-0.4, -0.2) is 46.7 Å². The number of amides is 3. The number of rotatable bonds is 3. The van der Waals surface area contributed by atoms with Gasteiger partial charge >= 0.3 is 0 Å². The van der Waals surface area contributed by atoms with Crippen LogP contribution in [0.3, 0.4) is 0 Å². The van der Waals surface area contributed by atoms with Crippen molar-refractivity contribution in [3.8, 4) is 0 Å². The summed E-state index contributed by atoms with van der Waals surface area (Å²) >= 11 is 0. The van der Waals surface area contributed by atoms with Gasteiger partial charge in [-0.1, -0.05) is 12.8 Å². The molecule has 2 saturated heterocycles. The van der Waals surface area contributed by atoms with Crippen LogP contribution in [0.4, 0.5) is 0 Å². The molecule has 0 spiro atoms. The molecule has 3 aliphatic rings. The van der Waals surface area contributed by atoms with Crippen molar-refractivity contribution in [2.24, 2.45) is 11.8 Å². The number of carbonyl (C=O) groups excluding carboxylic acids is 3. The lowest BCUT2D eigenvalue weighted by Gasteiger charge is -2.22. The lowest BCUT2D eigenvalue weighted by molar-refractivity contribution is -0.140. The normalized spacial score (nSPS) is 32.7. The summed E-state index contributed by atoms with van der Waals surface area (Å²) in [6.45, 7) is 3.14. The fourth-order valence-corrected chi connectivity index (χ4v) is 4.11. The maximum atomic E-state index is 12.3. The molecule has 2 heterocycles. The first-order valence-corrected chi connectivity index (χ1v) is 8.24. The molecule has 0 bridgehead atoms. The number of fused-ring (bicyclic) bond motifs is 1. The lowest BCUT2D eigenvalue weighted by Crippen LogP contribution is -2.38. The van der Waals surface area contributed by atoms with Crippen molar-refractivity contribution in [1.29, 1.82) is 0 Å². The number of nitrogens with zero attached hydrogens (tertiary/aromatic N) is 2. The highest BCUT2D eigenvalue weighted by Crippen LogP contribution is 2.38. The van der Waals surface area contributed by atoms with Crippen LogP contribution in [0.25, 0.3) is 0 Å². The molecule has 0 aromatic carbocycles. The van der Waals surface area contributed by atoms with E-state index in [2.05, 4.69) is 6.92 Å². The van der Waals surface area contributed by atoms with Gasteiger partial charge in [-0.3, -0.25) is 19.3 Å². The second-order valence-corrected chi connectivity index (χ2v) is 6.65. The number of carbonyl (C=O) groups is 3. The van der Waals surface area contributed by atoms with Crippen molar-refractivity contribution in [3.63, 3.8) is 0 Å². The molecule has 1 aliphatic carbocycles. The first-order valence-electron chi connectivity index (χ1n) is 8.24. The summed E-state index contributed by atoms with van der Waals surface area (Å²) < 4.78 is 0. The van der Waals surface area contributed by atoms with E-state index in [9.17, 15) is 14.4 Å². The van der Waals surface area contributed by atoms with Crippen molar-refractivity contribution in [1.82, 2.24) is 9.80 Å². The minimum absolute atomic E-state index is 0.0352. The van der Waals surface area contributed by atoms with Crippen LogP contribution in [-0.2, 0) is 14.4 Å². The summed E-state index contributed by atoms with van der Waals surface area (Å²) in [5.74, 6) is -0.200. The summed E-state index contributed by atoms with van der Waals surface area (Å²) in [7, 11) is 0. The van der Waals surface area contributed by atoms with Gasteiger partial charge in [-0.25, -0.2) is 0 Å². The summed E-state index contributed by atoms with van der Waals surface area (Å²) in [5, 5.41) is 0. The molecule has 3 fully saturated rings. The van der Waals surface area contributed by atoms with Crippen LogP contribution in [0.15, 0.2) is 0 Å². The Bertz CT molecular complexity index is 438. The van der Waals surface area contributed by atoms with Crippen LogP contribution in [0, 0.1) is 11.8 Å². The third-order valence-corrected chi connectivity index (χ3v) is 5.36. The molecule has 21 heavy (non-hydrogen) atoms. The van der Waals surface area contributed by atoms with Crippen LogP contribution < -0.4 is 0 Å². The molecule has 0 aromatic rings. The maximum absolute atomic E-state index is 12.3. The van der Waals surface area contributed by atoms with Gasteiger partial charge in [0.2, 0.25) is 17.7 Å². The first kappa shape index (κ1) is 14.5. The Balaban J connectivity index is 1.59. The molecular formula is C16H24N2O3. The zero-order chi connectivity index (χ0) is 15.0. The average molecular weight is 292 g/mol. The summed E-state index contributed by atoms with van der Waals surface area (Å²) in [6.07, 6.45) is 6.14. The third-order valence-electron chi connectivity index (χ3n) is 5.36. The lowest BCUT2D eigenvalue weighted by atomic mass is 9.81. The molecule has 5 nitrogen and oxygen atoms in total. The zero-order valence-corrected chi connectivity index (χ0v) is 12.7. The molecule has 1 saturated carbocycles. The van der Waals surface area contributed by atoms with Gasteiger partial charge in [0.1, 0.15) is 0 Å². The van der Waals surface area contributed by atoms with Crippen molar-refractivity contribution < 1.29 is 14.4 Å². The minimum Gasteiger partial charge on any atom is -0.340 e. The summed E-state index contributed by atoms with van der Waals surface area (Å²) in [4.78, 5) is 40.1. The van der Waals surface area contributed by atoms with Gasteiger partial charge in [0.25, 0.3) is 0 Å². The predicted molar refractivity (Wildman–Crippen MR) is 77.2 cm³/mol. The highest BCUT2D eigenvalue weighted by molar-refractivity contribution is 6.05. The quantitative estimate of drug-likeness (QED) is 0.742. The standard InChI is InChI=1S/C16H24N2O3/c1-11-5-4-9-17(11)14(19)8-10-18-15(20)12-6-2-3-7-13(12)16(18)21/h11-13H,2-10H2,1H3/t11-,12-,13+/m1/s1. The Morgan fingerprint density at radius 3 is 2.19 bits per heavy atom. The van der Waals surface area contributed by atoms with E-state index in [4.69, 9.17) is 0 Å². The number of hydrogen-bond acceptors (Lipinski definition) is 3. The fraction of sp³-hybridized carbons (Fsp3) is 0.812. The van der Waals surface area contributed by atoms with E-state index in [-0.39, 0.29) is 42.5 Å². The van der Waals surface area contributed by atoms with Crippen LogP contribution >= 0.6 is 0 Å². The molecule has 0 N–H and O–H groups in total. The minimum atomic E-state index is -0.105. The average Bonchev–Trinajstić information content (AvgIpc) is 3.01. The van der Waals surface area contributed by atoms with Gasteiger partial charge in [-0.05, 0) is 32.6 Å². The highest BCUT2D eigenvalue weighted by Gasteiger charge is 2.47.